The Morgan fingerprint density at radius 2 is 2.28 bits per heavy atom. The maximum absolute atomic E-state index is 5.24. The smallest absolute Gasteiger partial charge is 0.195 e. The number of H-pyrrole nitrogens is 1. The zero-order valence-electron chi connectivity index (χ0n) is 10.2. The normalized spacial score (nSPS) is 10.8. The largest absolute Gasteiger partial charge is 0.383 e. The summed E-state index contributed by atoms with van der Waals surface area (Å²) in [6.45, 7) is 3.33. The Morgan fingerprint density at radius 1 is 1.50 bits per heavy atom. The molecule has 0 saturated heterocycles. The highest BCUT2D eigenvalue weighted by atomic mass is 79.9. The molecule has 18 heavy (non-hydrogen) atoms. The fourth-order valence-corrected chi connectivity index (χ4v) is 2.40. The highest BCUT2D eigenvalue weighted by Crippen LogP contribution is 2.29. The lowest BCUT2D eigenvalue weighted by atomic mass is 10.1. The third-order valence-corrected chi connectivity index (χ3v) is 4.07. The Balaban J connectivity index is 2.51. The van der Waals surface area contributed by atoms with Crippen LogP contribution in [-0.4, -0.2) is 28.5 Å². The number of halogens is 1. The van der Waals surface area contributed by atoms with Crippen molar-refractivity contribution in [2.75, 3.05) is 13.7 Å². The first-order chi connectivity index (χ1) is 8.65. The summed E-state index contributed by atoms with van der Waals surface area (Å²) in [5, 5.41) is 7.13. The van der Waals surface area contributed by atoms with Crippen LogP contribution >= 0.6 is 28.1 Å². The molecular weight excluding hydrogens is 314 g/mol. The zero-order chi connectivity index (χ0) is 13.1. The molecule has 1 heterocycles. The zero-order valence-corrected chi connectivity index (χ0v) is 12.6. The van der Waals surface area contributed by atoms with E-state index < -0.39 is 0 Å². The molecule has 0 atom stereocenters. The van der Waals surface area contributed by atoms with Gasteiger partial charge in [0.25, 0.3) is 0 Å². The van der Waals surface area contributed by atoms with Gasteiger partial charge in [0.05, 0.1) is 13.2 Å². The Hall–Kier alpha value is -0.980. The van der Waals surface area contributed by atoms with Gasteiger partial charge in [-0.2, -0.15) is 5.10 Å². The van der Waals surface area contributed by atoms with Gasteiger partial charge in [0.1, 0.15) is 0 Å². The molecule has 6 heteroatoms. The first kappa shape index (κ1) is 13.5. The van der Waals surface area contributed by atoms with E-state index in [2.05, 4.69) is 26.1 Å². The second kappa shape index (κ2) is 5.77. The van der Waals surface area contributed by atoms with Crippen LogP contribution in [0.3, 0.4) is 0 Å². The number of hydrogen-bond donors (Lipinski definition) is 1. The molecule has 0 aliphatic carbocycles. The molecule has 96 valence electrons. The standard InChI is InChI=1S/C12H14BrN3OS/c1-8-4-3-5-9(10(8)13)11-14-15-12(18)16(11)6-7-17-2/h3-5H,6-7H2,1-2H3,(H,15,18). The summed E-state index contributed by atoms with van der Waals surface area (Å²) in [7, 11) is 1.67. The molecule has 0 saturated carbocycles. The van der Waals surface area contributed by atoms with Crippen molar-refractivity contribution in [1.82, 2.24) is 14.8 Å². The number of methoxy groups -OCH3 is 1. The van der Waals surface area contributed by atoms with Crippen LogP contribution in [0.2, 0.25) is 0 Å². The number of aromatic nitrogens is 3. The van der Waals surface area contributed by atoms with Crippen LogP contribution < -0.4 is 0 Å². The van der Waals surface area contributed by atoms with E-state index in [-0.39, 0.29) is 0 Å². The fraction of sp³-hybridized carbons (Fsp3) is 0.333. The van der Waals surface area contributed by atoms with Gasteiger partial charge in [0.15, 0.2) is 10.6 Å². The van der Waals surface area contributed by atoms with E-state index in [4.69, 9.17) is 17.0 Å². The first-order valence-corrected chi connectivity index (χ1v) is 6.75. The van der Waals surface area contributed by atoms with E-state index in [1.807, 2.05) is 29.7 Å². The minimum atomic E-state index is 0.601. The van der Waals surface area contributed by atoms with E-state index in [0.717, 1.165) is 15.9 Å². The summed E-state index contributed by atoms with van der Waals surface area (Å²) in [6.07, 6.45) is 0. The van der Waals surface area contributed by atoms with Crippen LogP contribution in [0, 0.1) is 11.7 Å². The van der Waals surface area contributed by atoms with E-state index in [1.165, 1.54) is 5.56 Å². The summed E-state index contributed by atoms with van der Waals surface area (Å²) in [6, 6.07) is 6.08. The van der Waals surface area contributed by atoms with Gasteiger partial charge in [0.2, 0.25) is 0 Å². The van der Waals surface area contributed by atoms with Crippen LogP contribution in [0.5, 0.6) is 0 Å². The third-order valence-electron chi connectivity index (χ3n) is 2.71. The number of ether oxygens (including phenoxy) is 1. The molecule has 0 unspecified atom stereocenters. The lowest BCUT2D eigenvalue weighted by Crippen LogP contribution is -2.06. The molecule has 0 fully saturated rings. The Labute approximate surface area is 119 Å². The van der Waals surface area contributed by atoms with Gasteiger partial charge in [-0.15, -0.1) is 0 Å². The monoisotopic (exact) mass is 327 g/mol. The highest BCUT2D eigenvalue weighted by Gasteiger charge is 2.12. The van der Waals surface area contributed by atoms with Gasteiger partial charge in [-0.1, -0.05) is 18.2 Å². The molecule has 2 aromatic rings. The molecule has 0 aliphatic heterocycles. The van der Waals surface area contributed by atoms with Gasteiger partial charge in [-0.25, -0.2) is 0 Å². The molecule has 0 bridgehead atoms. The van der Waals surface area contributed by atoms with Crippen molar-refractivity contribution in [2.45, 2.75) is 13.5 Å². The molecule has 0 aliphatic rings. The van der Waals surface area contributed by atoms with Gasteiger partial charge < -0.3 is 4.74 Å². The maximum atomic E-state index is 5.24. The molecule has 4 nitrogen and oxygen atoms in total. The van der Waals surface area contributed by atoms with Crippen molar-refractivity contribution < 1.29 is 4.74 Å². The lowest BCUT2D eigenvalue weighted by Gasteiger charge is -2.09. The average molecular weight is 328 g/mol. The molecule has 2 rings (SSSR count). The van der Waals surface area contributed by atoms with Crippen LogP contribution in [0.1, 0.15) is 5.56 Å². The SMILES string of the molecule is COCCn1c(-c2cccc(C)c2Br)n[nH]c1=S. The highest BCUT2D eigenvalue weighted by molar-refractivity contribution is 9.10. The molecule has 1 N–H and O–H groups in total. The first-order valence-electron chi connectivity index (χ1n) is 5.54. The molecule has 0 radical (unpaired) electrons. The summed E-state index contributed by atoms with van der Waals surface area (Å²) >= 11 is 8.83. The van der Waals surface area contributed by atoms with Crippen molar-refractivity contribution in [3.63, 3.8) is 0 Å². The number of nitrogens with zero attached hydrogens (tertiary/aromatic N) is 2. The van der Waals surface area contributed by atoms with E-state index in [1.54, 1.807) is 7.11 Å². The molecule has 0 spiro atoms. The summed E-state index contributed by atoms with van der Waals surface area (Å²) in [5.74, 6) is 0.827. The van der Waals surface area contributed by atoms with Crippen molar-refractivity contribution in [3.05, 3.63) is 33.0 Å². The van der Waals surface area contributed by atoms with Crippen molar-refractivity contribution >= 4 is 28.1 Å². The van der Waals surface area contributed by atoms with E-state index >= 15 is 0 Å². The Kier molecular flexibility index (Phi) is 4.31. The molecular formula is C12H14BrN3OS. The number of aryl methyl sites for hydroxylation is 1. The summed E-state index contributed by atoms with van der Waals surface area (Å²) in [5.41, 5.74) is 2.19. The third kappa shape index (κ3) is 2.55. The average Bonchev–Trinajstić information content (AvgIpc) is 2.72. The van der Waals surface area contributed by atoms with Gasteiger partial charge in [0, 0.05) is 17.1 Å². The van der Waals surface area contributed by atoms with Crippen LogP contribution in [0.4, 0.5) is 0 Å². The van der Waals surface area contributed by atoms with E-state index in [0.29, 0.717) is 17.9 Å². The predicted molar refractivity (Wildman–Crippen MR) is 77.2 cm³/mol. The molecule has 1 aromatic carbocycles. The van der Waals surface area contributed by atoms with Gasteiger partial charge in [-0.05, 0) is 40.6 Å². The molecule has 0 amide bonds. The Morgan fingerprint density at radius 3 is 3.00 bits per heavy atom. The van der Waals surface area contributed by atoms with Crippen molar-refractivity contribution in [1.29, 1.82) is 0 Å². The topological polar surface area (TPSA) is 42.8 Å². The number of benzene rings is 1. The Bertz CT molecular complexity index is 606. The minimum Gasteiger partial charge on any atom is -0.383 e. The quantitative estimate of drug-likeness (QED) is 0.876. The fourth-order valence-electron chi connectivity index (χ4n) is 1.73. The van der Waals surface area contributed by atoms with Gasteiger partial charge in [-0.3, -0.25) is 9.67 Å². The minimum absolute atomic E-state index is 0.601. The number of aromatic amines is 1. The van der Waals surface area contributed by atoms with Crippen LogP contribution in [0.15, 0.2) is 22.7 Å². The number of rotatable bonds is 4. The van der Waals surface area contributed by atoms with Crippen molar-refractivity contribution in [2.24, 2.45) is 0 Å². The van der Waals surface area contributed by atoms with Crippen molar-refractivity contribution in [3.8, 4) is 11.4 Å². The van der Waals surface area contributed by atoms with E-state index in [9.17, 15) is 0 Å². The summed E-state index contributed by atoms with van der Waals surface area (Å²) in [4.78, 5) is 0. The second-order valence-corrected chi connectivity index (χ2v) is 5.11. The van der Waals surface area contributed by atoms with Crippen LogP contribution in [-0.2, 0) is 11.3 Å². The second-order valence-electron chi connectivity index (χ2n) is 3.93. The van der Waals surface area contributed by atoms with Crippen LogP contribution in [0.25, 0.3) is 11.4 Å². The molecule has 1 aromatic heterocycles. The number of hydrogen-bond acceptors (Lipinski definition) is 3. The maximum Gasteiger partial charge on any atom is 0.195 e. The number of nitrogens with one attached hydrogen (secondary N) is 1. The van der Waals surface area contributed by atoms with Gasteiger partial charge >= 0.3 is 0 Å². The lowest BCUT2D eigenvalue weighted by molar-refractivity contribution is 0.187. The predicted octanol–water partition coefficient (Wildman–Crippen LogP) is 3.33. The summed E-state index contributed by atoms with van der Waals surface area (Å²) < 4.78 is 8.68.